The topological polar surface area (TPSA) is 20.3 Å². The Morgan fingerprint density at radius 2 is 1.70 bits per heavy atom. The van der Waals surface area contributed by atoms with Crippen LogP contribution < -0.4 is 0 Å². The minimum Gasteiger partial charge on any atom is -0.339 e. The Morgan fingerprint density at radius 3 is 2.43 bits per heavy atom. The Morgan fingerprint density at radius 1 is 1.04 bits per heavy atom. The van der Waals surface area contributed by atoms with Crippen LogP contribution in [-0.2, 0) is 5.75 Å². The van der Waals surface area contributed by atoms with Gasteiger partial charge in [0.05, 0.1) is 5.56 Å². The molecular weight excluding hydrogens is 302 g/mol. The molecule has 0 spiro atoms. The molecule has 2 aromatic rings. The summed E-state index contributed by atoms with van der Waals surface area (Å²) in [6, 6.07) is 18.8. The number of benzene rings is 2. The van der Waals surface area contributed by atoms with Gasteiger partial charge in [-0.25, -0.2) is 0 Å². The van der Waals surface area contributed by atoms with Crippen molar-refractivity contribution >= 4 is 17.7 Å². The van der Waals surface area contributed by atoms with Gasteiger partial charge in [0.1, 0.15) is 0 Å². The predicted molar refractivity (Wildman–Crippen MR) is 96.8 cm³/mol. The standard InChI is InChI=1S/C20H23NOS/c1-21(17-11-5-6-12-17)20(22)18-13-7-8-14-19(18)23-15-16-9-3-2-4-10-16/h2-4,7-10,13-14,17H,5-6,11-12,15H2,1H3. The summed E-state index contributed by atoms with van der Waals surface area (Å²) in [7, 11) is 1.96. The highest BCUT2D eigenvalue weighted by atomic mass is 32.2. The van der Waals surface area contributed by atoms with Gasteiger partial charge in [-0.3, -0.25) is 4.79 Å². The summed E-state index contributed by atoms with van der Waals surface area (Å²) in [5.41, 5.74) is 2.12. The molecule has 23 heavy (non-hydrogen) atoms. The second-order valence-electron chi connectivity index (χ2n) is 6.12. The first-order valence-electron chi connectivity index (χ1n) is 8.28. The molecule has 1 aliphatic rings. The number of nitrogens with zero attached hydrogens (tertiary/aromatic N) is 1. The second kappa shape index (κ2) is 7.69. The number of carbonyl (C=O) groups is 1. The third-order valence-electron chi connectivity index (χ3n) is 4.55. The van der Waals surface area contributed by atoms with Gasteiger partial charge in [0.25, 0.3) is 5.91 Å². The van der Waals surface area contributed by atoms with Crippen LogP contribution in [0.1, 0.15) is 41.6 Å². The minimum atomic E-state index is 0.160. The maximum absolute atomic E-state index is 12.9. The smallest absolute Gasteiger partial charge is 0.254 e. The largest absolute Gasteiger partial charge is 0.339 e. The van der Waals surface area contributed by atoms with Gasteiger partial charge in [0.15, 0.2) is 0 Å². The first-order chi connectivity index (χ1) is 11.3. The first-order valence-corrected chi connectivity index (χ1v) is 9.27. The average Bonchev–Trinajstić information content (AvgIpc) is 3.14. The number of hydrogen-bond acceptors (Lipinski definition) is 2. The van der Waals surface area contributed by atoms with Gasteiger partial charge in [-0.2, -0.15) is 0 Å². The normalized spacial score (nSPS) is 14.8. The SMILES string of the molecule is CN(C(=O)c1ccccc1SCc1ccccc1)C1CCCC1. The molecule has 0 atom stereocenters. The zero-order valence-electron chi connectivity index (χ0n) is 13.6. The van der Waals surface area contributed by atoms with Gasteiger partial charge in [-0.05, 0) is 30.5 Å². The predicted octanol–water partition coefficient (Wildman–Crippen LogP) is 4.99. The maximum atomic E-state index is 12.9. The minimum absolute atomic E-state index is 0.160. The van der Waals surface area contributed by atoms with Gasteiger partial charge in [-0.15, -0.1) is 11.8 Å². The van der Waals surface area contributed by atoms with Gasteiger partial charge in [0, 0.05) is 23.7 Å². The number of hydrogen-bond donors (Lipinski definition) is 0. The highest BCUT2D eigenvalue weighted by molar-refractivity contribution is 7.98. The molecule has 0 heterocycles. The van der Waals surface area contributed by atoms with E-state index < -0.39 is 0 Å². The van der Waals surface area contributed by atoms with E-state index in [2.05, 4.69) is 30.3 Å². The van der Waals surface area contributed by atoms with Crippen molar-refractivity contribution in [3.05, 3.63) is 65.7 Å². The Hall–Kier alpha value is -1.74. The fourth-order valence-electron chi connectivity index (χ4n) is 3.15. The van der Waals surface area contributed by atoms with Gasteiger partial charge in [0.2, 0.25) is 0 Å². The van der Waals surface area contributed by atoms with Crippen LogP contribution in [0.4, 0.5) is 0 Å². The van der Waals surface area contributed by atoms with Crippen LogP contribution in [0, 0.1) is 0 Å². The summed E-state index contributed by atoms with van der Waals surface area (Å²) in [4.78, 5) is 15.9. The molecule has 120 valence electrons. The van der Waals surface area contributed by atoms with Crippen LogP contribution in [0.2, 0.25) is 0 Å². The van der Waals surface area contributed by atoms with E-state index >= 15 is 0 Å². The zero-order valence-corrected chi connectivity index (χ0v) is 14.4. The van der Waals surface area contributed by atoms with Crippen LogP contribution in [0.3, 0.4) is 0 Å². The molecule has 1 fully saturated rings. The summed E-state index contributed by atoms with van der Waals surface area (Å²) < 4.78 is 0. The highest BCUT2D eigenvalue weighted by Gasteiger charge is 2.25. The van der Waals surface area contributed by atoms with E-state index in [4.69, 9.17) is 0 Å². The molecule has 0 saturated heterocycles. The van der Waals surface area contributed by atoms with Crippen molar-refractivity contribution in [3.8, 4) is 0 Å². The second-order valence-corrected chi connectivity index (χ2v) is 7.14. The van der Waals surface area contributed by atoms with E-state index in [0.717, 1.165) is 29.1 Å². The summed E-state index contributed by atoms with van der Waals surface area (Å²) in [5.74, 6) is 1.05. The van der Waals surface area contributed by atoms with Crippen LogP contribution in [0.15, 0.2) is 59.5 Å². The fourth-order valence-corrected chi connectivity index (χ4v) is 4.15. The molecule has 0 unspecified atom stereocenters. The van der Waals surface area contributed by atoms with Crippen LogP contribution in [0.5, 0.6) is 0 Å². The molecule has 3 rings (SSSR count). The van der Waals surface area contributed by atoms with E-state index in [1.807, 2.05) is 36.2 Å². The van der Waals surface area contributed by atoms with E-state index in [-0.39, 0.29) is 5.91 Å². The molecule has 0 radical (unpaired) electrons. The van der Waals surface area contributed by atoms with E-state index in [0.29, 0.717) is 6.04 Å². The Balaban J connectivity index is 1.73. The maximum Gasteiger partial charge on any atom is 0.254 e. The van der Waals surface area contributed by atoms with Crippen LogP contribution >= 0.6 is 11.8 Å². The number of thioether (sulfide) groups is 1. The third kappa shape index (κ3) is 3.97. The monoisotopic (exact) mass is 325 g/mol. The molecular formula is C20H23NOS. The Bertz CT molecular complexity index is 650. The van der Waals surface area contributed by atoms with Crippen molar-refractivity contribution in [2.75, 3.05) is 7.05 Å². The van der Waals surface area contributed by atoms with Gasteiger partial charge < -0.3 is 4.90 Å². The lowest BCUT2D eigenvalue weighted by Crippen LogP contribution is -2.35. The van der Waals surface area contributed by atoms with E-state index in [1.54, 1.807) is 11.8 Å². The molecule has 1 saturated carbocycles. The summed E-state index contributed by atoms with van der Waals surface area (Å²) in [6.07, 6.45) is 4.77. The molecule has 2 aromatic carbocycles. The molecule has 0 N–H and O–H groups in total. The molecule has 1 amide bonds. The van der Waals surface area contributed by atoms with Gasteiger partial charge >= 0.3 is 0 Å². The lowest BCUT2D eigenvalue weighted by molar-refractivity contribution is 0.0731. The molecule has 3 heteroatoms. The Kier molecular flexibility index (Phi) is 5.39. The van der Waals surface area contributed by atoms with Crippen molar-refractivity contribution in [3.63, 3.8) is 0 Å². The zero-order chi connectivity index (χ0) is 16.1. The van der Waals surface area contributed by atoms with E-state index in [1.165, 1.54) is 18.4 Å². The summed E-state index contributed by atoms with van der Waals surface area (Å²) in [5, 5.41) is 0. The number of carbonyl (C=O) groups excluding carboxylic acids is 1. The lowest BCUT2D eigenvalue weighted by Gasteiger charge is -2.25. The van der Waals surface area contributed by atoms with Crippen molar-refractivity contribution in [1.82, 2.24) is 4.90 Å². The van der Waals surface area contributed by atoms with Crippen molar-refractivity contribution in [1.29, 1.82) is 0 Å². The van der Waals surface area contributed by atoms with Crippen LogP contribution in [-0.4, -0.2) is 23.9 Å². The first kappa shape index (κ1) is 16.1. The van der Waals surface area contributed by atoms with Crippen molar-refractivity contribution in [2.45, 2.75) is 42.4 Å². The third-order valence-corrected chi connectivity index (χ3v) is 5.69. The molecule has 2 nitrogen and oxygen atoms in total. The molecule has 1 aliphatic carbocycles. The fraction of sp³-hybridized carbons (Fsp3) is 0.350. The van der Waals surface area contributed by atoms with Gasteiger partial charge in [-0.1, -0.05) is 55.3 Å². The van der Waals surface area contributed by atoms with Crippen molar-refractivity contribution < 1.29 is 4.79 Å². The number of rotatable bonds is 5. The van der Waals surface area contributed by atoms with Crippen LogP contribution in [0.25, 0.3) is 0 Å². The summed E-state index contributed by atoms with van der Waals surface area (Å²) >= 11 is 1.74. The molecule has 0 aliphatic heterocycles. The highest BCUT2D eigenvalue weighted by Crippen LogP contribution is 2.29. The number of amides is 1. The molecule has 0 aromatic heterocycles. The summed E-state index contributed by atoms with van der Waals surface area (Å²) in [6.45, 7) is 0. The average molecular weight is 325 g/mol. The lowest BCUT2D eigenvalue weighted by atomic mass is 10.1. The van der Waals surface area contributed by atoms with E-state index in [9.17, 15) is 4.79 Å². The van der Waals surface area contributed by atoms with Crippen molar-refractivity contribution in [2.24, 2.45) is 0 Å². The Labute approximate surface area is 142 Å². The quantitative estimate of drug-likeness (QED) is 0.722. The molecule has 0 bridgehead atoms.